The van der Waals surface area contributed by atoms with Gasteiger partial charge in [-0.2, -0.15) is 5.10 Å². The molecular formula is C16H31ClN4. The summed E-state index contributed by atoms with van der Waals surface area (Å²) >= 11 is 6.39. The molecule has 122 valence electrons. The lowest BCUT2D eigenvalue weighted by atomic mass is 10.1. The second-order valence-corrected chi connectivity index (χ2v) is 6.02. The molecule has 0 aliphatic rings. The van der Waals surface area contributed by atoms with Gasteiger partial charge < -0.3 is 10.2 Å². The van der Waals surface area contributed by atoms with Gasteiger partial charge in [0.25, 0.3) is 0 Å². The summed E-state index contributed by atoms with van der Waals surface area (Å²) in [5, 5.41) is 8.90. The fourth-order valence-corrected chi connectivity index (χ4v) is 2.88. The highest BCUT2D eigenvalue weighted by molar-refractivity contribution is 6.31. The van der Waals surface area contributed by atoms with Crippen molar-refractivity contribution in [1.82, 2.24) is 20.0 Å². The molecule has 0 bridgehead atoms. The van der Waals surface area contributed by atoms with Crippen LogP contribution in [0.4, 0.5) is 0 Å². The van der Waals surface area contributed by atoms with Gasteiger partial charge >= 0.3 is 0 Å². The maximum Gasteiger partial charge on any atom is 0.0847 e. The smallest absolute Gasteiger partial charge is 0.0847 e. The van der Waals surface area contributed by atoms with Crippen molar-refractivity contribution in [2.75, 3.05) is 26.2 Å². The average molecular weight is 315 g/mol. The van der Waals surface area contributed by atoms with Crippen molar-refractivity contribution in [3.05, 3.63) is 16.4 Å². The number of nitrogens with zero attached hydrogens (tertiary/aromatic N) is 3. The summed E-state index contributed by atoms with van der Waals surface area (Å²) in [7, 11) is 1.98. The van der Waals surface area contributed by atoms with Crippen molar-refractivity contribution in [3.8, 4) is 0 Å². The van der Waals surface area contributed by atoms with Gasteiger partial charge in [0.15, 0.2) is 0 Å². The maximum atomic E-state index is 6.39. The normalized spacial score (nSPS) is 13.1. The summed E-state index contributed by atoms with van der Waals surface area (Å²) in [6.45, 7) is 13.0. The summed E-state index contributed by atoms with van der Waals surface area (Å²) in [5.74, 6) is 0. The molecule has 0 fully saturated rings. The molecule has 0 spiro atoms. The van der Waals surface area contributed by atoms with Crippen molar-refractivity contribution in [1.29, 1.82) is 0 Å². The summed E-state index contributed by atoms with van der Waals surface area (Å²) < 4.78 is 1.93. The monoisotopic (exact) mass is 314 g/mol. The second-order valence-electron chi connectivity index (χ2n) is 5.64. The van der Waals surface area contributed by atoms with Crippen LogP contribution < -0.4 is 5.32 Å². The van der Waals surface area contributed by atoms with E-state index < -0.39 is 0 Å². The topological polar surface area (TPSA) is 33.1 Å². The number of rotatable bonds is 10. The molecule has 1 heterocycles. The third kappa shape index (κ3) is 5.61. The molecule has 1 rings (SSSR count). The fourth-order valence-electron chi connectivity index (χ4n) is 2.64. The number of halogens is 1. The number of hydrogen-bond donors (Lipinski definition) is 1. The van der Waals surface area contributed by atoms with E-state index in [0.717, 1.165) is 61.9 Å². The van der Waals surface area contributed by atoms with Gasteiger partial charge in [-0.15, -0.1) is 0 Å². The van der Waals surface area contributed by atoms with Crippen LogP contribution in [0.15, 0.2) is 0 Å². The highest BCUT2D eigenvalue weighted by atomic mass is 35.5. The molecule has 1 N–H and O–H groups in total. The van der Waals surface area contributed by atoms with Gasteiger partial charge in [0.2, 0.25) is 0 Å². The van der Waals surface area contributed by atoms with E-state index in [1.807, 2.05) is 18.7 Å². The zero-order chi connectivity index (χ0) is 15.8. The first-order chi connectivity index (χ1) is 10.0. The molecule has 1 aromatic heterocycles. The quantitative estimate of drug-likeness (QED) is 0.720. The SMILES string of the molecule is CCCNC(CCN(CC)CC)Cc1c(Cl)c(C)nn1C. The van der Waals surface area contributed by atoms with E-state index in [1.54, 1.807) is 0 Å². The lowest BCUT2D eigenvalue weighted by Crippen LogP contribution is -2.36. The van der Waals surface area contributed by atoms with E-state index in [0.29, 0.717) is 6.04 Å². The van der Waals surface area contributed by atoms with Gasteiger partial charge in [0.1, 0.15) is 0 Å². The van der Waals surface area contributed by atoms with Gasteiger partial charge in [-0.25, -0.2) is 0 Å². The summed E-state index contributed by atoms with van der Waals surface area (Å²) in [5.41, 5.74) is 2.06. The van der Waals surface area contributed by atoms with Crippen LogP contribution in [0.1, 0.15) is 45.0 Å². The Hall–Kier alpha value is -0.580. The van der Waals surface area contributed by atoms with Crippen molar-refractivity contribution >= 4 is 11.6 Å². The number of hydrogen-bond acceptors (Lipinski definition) is 3. The first-order valence-electron chi connectivity index (χ1n) is 8.17. The Morgan fingerprint density at radius 3 is 2.43 bits per heavy atom. The molecule has 0 amide bonds. The third-order valence-electron chi connectivity index (χ3n) is 4.07. The van der Waals surface area contributed by atoms with Crippen LogP contribution in [0.2, 0.25) is 5.02 Å². The summed E-state index contributed by atoms with van der Waals surface area (Å²) in [6.07, 6.45) is 3.24. The Bertz CT molecular complexity index is 413. The van der Waals surface area contributed by atoms with Crippen molar-refractivity contribution in [2.45, 2.75) is 53.0 Å². The van der Waals surface area contributed by atoms with Crippen LogP contribution in [-0.2, 0) is 13.5 Å². The van der Waals surface area contributed by atoms with E-state index in [9.17, 15) is 0 Å². The molecule has 5 heteroatoms. The number of nitrogens with one attached hydrogen (secondary N) is 1. The van der Waals surface area contributed by atoms with Gasteiger partial charge in [0, 0.05) is 19.5 Å². The van der Waals surface area contributed by atoms with E-state index in [1.165, 1.54) is 0 Å². The van der Waals surface area contributed by atoms with E-state index in [2.05, 4.69) is 36.1 Å². The molecule has 1 atom stereocenters. The van der Waals surface area contributed by atoms with Crippen molar-refractivity contribution in [3.63, 3.8) is 0 Å². The molecule has 1 unspecified atom stereocenters. The van der Waals surface area contributed by atoms with Crippen LogP contribution in [0.5, 0.6) is 0 Å². The zero-order valence-corrected chi connectivity index (χ0v) is 15.0. The molecule has 1 aromatic rings. The summed E-state index contributed by atoms with van der Waals surface area (Å²) in [6, 6.07) is 0.456. The van der Waals surface area contributed by atoms with Gasteiger partial charge in [-0.1, -0.05) is 32.4 Å². The van der Waals surface area contributed by atoms with Crippen molar-refractivity contribution in [2.24, 2.45) is 7.05 Å². The first-order valence-corrected chi connectivity index (χ1v) is 8.54. The number of aryl methyl sites for hydroxylation is 2. The molecular weight excluding hydrogens is 284 g/mol. The van der Waals surface area contributed by atoms with Crippen LogP contribution in [0.25, 0.3) is 0 Å². The minimum absolute atomic E-state index is 0.456. The zero-order valence-electron chi connectivity index (χ0n) is 14.2. The third-order valence-corrected chi connectivity index (χ3v) is 4.56. The molecule has 21 heavy (non-hydrogen) atoms. The minimum Gasteiger partial charge on any atom is -0.314 e. The Morgan fingerprint density at radius 2 is 1.95 bits per heavy atom. The molecule has 0 saturated heterocycles. The number of aromatic nitrogens is 2. The van der Waals surface area contributed by atoms with Gasteiger partial charge in [-0.05, 0) is 45.9 Å². The predicted molar refractivity (Wildman–Crippen MR) is 91.1 cm³/mol. The fraction of sp³-hybridized carbons (Fsp3) is 0.812. The molecule has 4 nitrogen and oxygen atoms in total. The Morgan fingerprint density at radius 1 is 1.29 bits per heavy atom. The Balaban J connectivity index is 2.68. The first kappa shape index (κ1) is 18.5. The van der Waals surface area contributed by atoms with Crippen LogP contribution >= 0.6 is 11.6 Å². The minimum atomic E-state index is 0.456. The molecule has 0 aliphatic heterocycles. The molecule has 0 aliphatic carbocycles. The largest absolute Gasteiger partial charge is 0.314 e. The van der Waals surface area contributed by atoms with Gasteiger partial charge in [-0.3, -0.25) is 4.68 Å². The molecule has 0 saturated carbocycles. The second kappa shape index (κ2) is 9.44. The van der Waals surface area contributed by atoms with Crippen molar-refractivity contribution < 1.29 is 0 Å². The van der Waals surface area contributed by atoms with Crippen LogP contribution in [0.3, 0.4) is 0 Å². The highest BCUT2D eigenvalue weighted by Gasteiger charge is 2.17. The predicted octanol–water partition coefficient (Wildman–Crippen LogP) is 3.02. The lowest BCUT2D eigenvalue weighted by molar-refractivity contribution is 0.279. The average Bonchev–Trinajstić information content (AvgIpc) is 2.71. The van der Waals surface area contributed by atoms with E-state index in [4.69, 9.17) is 11.6 Å². The molecule has 0 radical (unpaired) electrons. The maximum absolute atomic E-state index is 6.39. The van der Waals surface area contributed by atoms with Crippen LogP contribution in [0, 0.1) is 6.92 Å². The Labute approximate surface area is 134 Å². The highest BCUT2D eigenvalue weighted by Crippen LogP contribution is 2.21. The summed E-state index contributed by atoms with van der Waals surface area (Å²) in [4.78, 5) is 2.47. The van der Waals surface area contributed by atoms with E-state index in [-0.39, 0.29) is 0 Å². The standard InChI is InChI=1S/C16H31ClN4/c1-6-10-18-14(9-11-21(7-2)8-3)12-15-16(17)13(4)19-20(15)5/h14,18H,6-12H2,1-5H3. The lowest BCUT2D eigenvalue weighted by Gasteiger charge is -2.24. The van der Waals surface area contributed by atoms with E-state index >= 15 is 0 Å². The van der Waals surface area contributed by atoms with Crippen LogP contribution in [-0.4, -0.2) is 46.9 Å². The van der Waals surface area contributed by atoms with Gasteiger partial charge in [0.05, 0.1) is 16.4 Å². The Kier molecular flexibility index (Phi) is 8.30. The molecule has 0 aromatic carbocycles.